The van der Waals surface area contributed by atoms with Crippen LogP contribution in [0.15, 0.2) is 0 Å². The quantitative estimate of drug-likeness (QED) is 0.582. The van der Waals surface area contributed by atoms with E-state index in [1.807, 2.05) is 13.8 Å². The highest BCUT2D eigenvalue weighted by atomic mass is 28.4. The number of ether oxygens (including phenoxy) is 2. The van der Waals surface area contributed by atoms with E-state index in [0.717, 1.165) is 0 Å². The first kappa shape index (κ1) is 15.7. The third-order valence-electron chi connectivity index (χ3n) is 3.76. The molecule has 1 fully saturated rings. The van der Waals surface area contributed by atoms with E-state index in [1.54, 1.807) is 0 Å². The van der Waals surface area contributed by atoms with Crippen molar-refractivity contribution in [2.24, 2.45) is 0 Å². The molecule has 104 valence electrons. The van der Waals surface area contributed by atoms with Crippen LogP contribution < -0.4 is 0 Å². The van der Waals surface area contributed by atoms with Crippen LogP contribution in [0.25, 0.3) is 0 Å². The van der Waals surface area contributed by atoms with E-state index in [-0.39, 0.29) is 17.2 Å². The van der Waals surface area contributed by atoms with Gasteiger partial charge < -0.3 is 13.9 Å². The molecule has 4 heteroatoms. The zero-order valence-corrected chi connectivity index (χ0v) is 13.7. The van der Waals surface area contributed by atoms with Gasteiger partial charge in [-0.1, -0.05) is 26.7 Å². The molecule has 1 saturated heterocycles. The molecule has 1 heterocycles. The summed E-state index contributed by atoms with van der Waals surface area (Å²) in [6.45, 7) is 15.4. The van der Waals surface area contributed by atoms with Gasteiger partial charge in [-0.05, 0) is 32.0 Å². The molecule has 0 aromatic heterocycles. The van der Waals surface area contributed by atoms with Gasteiger partial charge in [-0.3, -0.25) is 0 Å². The first-order valence-corrected chi connectivity index (χ1v) is 9.35. The average molecular weight is 270 g/mol. The van der Waals surface area contributed by atoms with Crippen molar-refractivity contribution in [1.29, 1.82) is 0 Å². The molecule has 0 aromatic rings. The van der Waals surface area contributed by atoms with Crippen LogP contribution in [0.4, 0.5) is 0 Å². The maximum atomic E-state index is 6.14. The minimum absolute atomic E-state index is 0.167. The highest BCUT2D eigenvalue weighted by Crippen LogP contribution is 2.37. The molecule has 0 bridgehead atoms. The minimum atomic E-state index is -1.77. The van der Waals surface area contributed by atoms with Crippen molar-refractivity contribution in [3.8, 4) is 12.3 Å². The van der Waals surface area contributed by atoms with E-state index in [2.05, 4.69) is 39.8 Å². The molecular formula is C14H26O3Si. The Morgan fingerprint density at radius 2 is 1.83 bits per heavy atom. The Bertz CT molecular complexity index is 336. The third kappa shape index (κ3) is 3.58. The summed E-state index contributed by atoms with van der Waals surface area (Å²) in [7, 11) is -1.77. The molecule has 1 aliphatic rings. The molecule has 0 amide bonds. The number of hydrogen-bond donors (Lipinski definition) is 0. The predicted molar refractivity (Wildman–Crippen MR) is 75.8 cm³/mol. The van der Waals surface area contributed by atoms with Gasteiger partial charge in [0.25, 0.3) is 0 Å². The first-order chi connectivity index (χ1) is 7.98. The molecule has 0 unspecified atom stereocenters. The maximum Gasteiger partial charge on any atom is 0.192 e. The Morgan fingerprint density at radius 1 is 1.28 bits per heavy atom. The van der Waals surface area contributed by atoms with Gasteiger partial charge in [0.2, 0.25) is 0 Å². The van der Waals surface area contributed by atoms with E-state index in [9.17, 15) is 0 Å². The van der Waals surface area contributed by atoms with Crippen molar-refractivity contribution < 1.29 is 13.9 Å². The van der Waals surface area contributed by atoms with E-state index in [4.69, 9.17) is 20.3 Å². The standard InChI is InChI=1S/C14H26O3Si/c1-9-11-12(17-14(5,6)16-11)10-15-18(7,8)13(2,3)4/h1,11-12H,10H2,2-8H3/t11-,12+/m0/s1. The Hall–Kier alpha value is -0.343. The van der Waals surface area contributed by atoms with Crippen LogP contribution in [-0.4, -0.2) is 32.9 Å². The lowest BCUT2D eigenvalue weighted by atomic mass is 10.2. The summed E-state index contributed by atoms with van der Waals surface area (Å²) < 4.78 is 17.6. The summed E-state index contributed by atoms with van der Waals surface area (Å²) in [5, 5.41) is 0.188. The topological polar surface area (TPSA) is 27.7 Å². The SMILES string of the molecule is C#C[C@@H]1OC(C)(C)O[C@@H]1CO[Si](C)(C)C(C)(C)C. The van der Waals surface area contributed by atoms with E-state index < -0.39 is 14.1 Å². The van der Waals surface area contributed by atoms with Gasteiger partial charge in [-0.25, -0.2) is 0 Å². The number of terminal acetylenes is 1. The molecule has 0 saturated carbocycles. The largest absolute Gasteiger partial charge is 0.414 e. The highest BCUT2D eigenvalue weighted by Gasteiger charge is 2.43. The Balaban J connectivity index is 2.62. The molecule has 3 nitrogen and oxygen atoms in total. The minimum Gasteiger partial charge on any atom is -0.414 e. The van der Waals surface area contributed by atoms with Crippen molar-refractivity contribution in [3.05, 3.63) is 0 Å². The Kier molecular flexibility index (Phi) is 4.34. The van der Waals surface area contributed by atoms with Crippen molar-refractivity contribution in [2.75, 3.05) is 6.61 Å². The number of rotatable bonds is 3. The van der Waals surface area contributed by atoms with Crippen LogP contribution >= 0.6 is 0 Å². The third-order valence-corrected chi connectivity index (χ3v) is 8.26. The van der Waals surface area contributed by atoms with Crippen molar-refractivity contribution in [1.82, 2.24) is 0 Å². The van der Waals surface area contributed by atoms with Crippen molar-refractivity contribution in [2.45, 2.75) is 70.7 Å². The van der Waals surface area contributed by atoms with Gasteiger partial charge in [0.15, 0.2) is 14.1 Å². The second kappa shape index (κ2) is 4.97. The molecule has 0 spiro atoms. The number of hydrogen-bond acceptors (Lipinski definition) is 3. The van der Waals surface area contributed by atoms with Crippen LogP contribution in [0.2, 0.25) is 18.1 Å². The van der Waals surface area contributed by atoms with Crippen molar-refractivity contribution in [3.63, 3.8) is 0 Å². The van der Waals surface area contributed by atoms with Crippen LogP contribution in [0.3, 0.4) is 0 Å². The average Bonchev–Trinajstić information content (AvgIpc) is 2.48. The first-order valence-electron chi connectivity index (χ1n) is 6.44. The second-order valence-corrected chi connectivity index (χ2v) is 11.6. The predicted octanol–water partition coefficient (Wildman–Crippen LogP) is 3.16. The second-order valence-electron chi connectivity index (χ2n) is 6.83. The molecule has 0 radical (unpaired) electrons. The monoisotopic (exact) mass is 270 g/mol. The van der Waals surface area contributed by atoms with Gasteiger partial charge in [0, 0.05) is 0 Å². The van der Waals surface area contributed by atoms with Gasteiger partial charge in [-0.2, -0.15) is 0 Å². The normalized spacial score (nSPS) is 28.1. The van der Waals surface area contributed by atoms with Crippen LogP contribution in [0, 0.1) is 12.3 Å². The summed E-state index contributed by atoms with van der Waals surface area (Å²) in [6, 6.07) is 0. The van der Waals surface area contributed by atoms with E-state index >= 15 is 0 Å². The Morgan fingerprint density at radius 3 is 2.28 bits per heavy atom. The van der Waals surface area contributed by atoms with Crippen LogP contribution in [-0.2, 0) is 13.9 Å². The smallest absolute Gasteiger partial charge is 0.192 e. The fourth-order valence-corrected chi connectivity index (χ4v) is 2.62. The fourth-order valence-electron chi connectivity index (χ4n) is 1.61. The Labute approximate surface area is 112 Å². The summed E-state index contributed by atoms with van der Waals surface area (Å²) in [5.74, 6) is 2.02. The fraction of sp³-hybridized carbons (Fsp3) is 0.857. The molecule has 1 aliphatic heterocycles. The highest BCUT2D eigenvalue weighted by molar-refractivity contribution is 6.74. The zero-order chi connectivity index (χ0) is 14.2. The maximum absolute atomic E-state index is 6.14. The van der Waals surface area contributed by atoms with Gasteiger partial charge in [-0.15, -0.1) is 6.42 Å². The summed E-state index contributed by atoms with van der Waals surface area (Å²) in [5.41, 5.74) is 0. The van der Waals surface area contributed by atoms with E-state index in [0.29, 0.717) is 6.61 Å². The van der Waals surface area contributed by atoms with Gasteiger partial charge >= 0.3 is 0 Å². The molecule has 1 rings (SSSR count). The molecule has 0 N–H and O–H groups in total. The van der Waals surface area contributed by atoms with Crippen LogP contribution in [0.5, 0.6) is 0 Å². The van der Waals surface area contributed by atoms with Crippen molar-refractivity contribution >= 4 is 8.32 Å². The lowest BCUT2D eigenvalue weighted by Crippen LogP contribution is -2.43. The summed E-state index contributed by atoms with van der Waals surface area (Å²) in [6.07, 6.45) is 4.99. The zero-order valence-electron chi connectivity index (χ0n) is 12.7. The molecule has 2 atom stereocenters. The molecule has 0 aromatic carbocycles. The molecule has 18 heavy (non-hydrogen) atoms. The summed E-state index contributed by atoms with van der Waals surface area (Å²) >= 11 is 0. The van der Waals surface area contributed by atoms with Crippen LogP contribution in [0.1, 0.15) is 34.6 Å². The lowest BCUT2D eigenvalue weighted by Gasteiger charge is -2.37. The lowest BCUT2D eigenvalue weighted by molar-refractivity contribution is -0.145. The molecular weight excluding hydrogens is 244 g/mol. The van der Waals surface area contributed by atoms with Gasteiger partial charge in [0.1, 0.15) is 12.2 Å². The van der Waals surface area contributed by atoms with Gasteiger partial charge in [0.05, 0.1) is 6.61 Å². The van der Waals surface area contributed by atoms with E-state index in [1.165, 1.54) is 0 Å². The molecule has 0 aliphatic carbocycles. The summed E-state index contributed by atoms with van der Waals surface area (Å²) in [4.78, 5) is 0.